The van der Waals surface area contributed by atoms with Crippen molar-refractivity contribution in [3.63, 3.8) is 0 Å². The van der Waals surface area contributed by atoms with Gasteiger partial charge in [0.05, 0.1) is 6.10 Å². The van der Waals surface area contributed by atoms with Gasteiger partial charge < -0.3 is 0 Å². The van der Waals surface area contributed by atoms with E-state index < -0.39 is 0 Å². The summed E-state index contributed by atoms with van der Waals surface area (Å²) in [6, 6.07) is 10.5. The van der Waals surface area contributed by atoms with E-state index in [-0.39, 0.29) is 0 Å². The standard InChI is InChI=1S/C16H27NO/c1-4-9-16(5-2)14(3)18-17-13-12-15-10-7-6-8-11-15/h6-8,10-11,14,16-17H,4-5,9,12-13H2,1-3H3. The van der Waals surface area contributed by atoms with Gasteiger partial charge in [0.15, 0.2) is 0 Å². The second-order valence-corrected chi connectivity index (χ2v) is 4.91. The molecule has 0 aliphatic heterocycles. The van der Waals surface area contributed by atoms with E-state index in [1.54, 1.807) is 0 Å². The fourth-order valence-electron chi connectivity index (χ4n) is 2.27. The highest BCUT2D eigenvalue weighted by Crippen LogP contribution is 2.17. The third-order valence-corrected chi connectivity index (χ3v) is 3.48. The molecule has 1 rings (SSSR count). The van der Waals surface area contributed by atoms with Crippen LogP contribution in [0.5, 0.6) is 0 Å². The molecular formula is C16H27NO. The third-order valence-electron chi connectivity index (χ3n) is 3.48. The Morgan fingerprint density at radius 2 is 1.89 bits per heavy atom. The van der Waals surface area contributed by atoms with Gasteiger partial charge in [-0.3, -0.25) is 4.84 Å². The van der Waals surface area contributed by atoms with Gasteiger partial charge in [0.25, 0.3) is 0 Å². The van der Waals surface area contributed by atoms with Crippen LogP contribution in [0.15, 0.2) is 30.3 Å². The van der Waals surface area contributed by atoms with Crippen LogP contribution in [0.3, 0.4) is 0 Å². The van der Waals surface area contributed by atoms with E-state index in [9.17, 15) is 0 Å². The van der Waals surface area contributed by atoms with Crippen LogP contribution in [-0.4, -0.2) is 12.6 Å². The number of hydrogen-bond donors (Lipinski definition) is 1. The van der Waals surface area contributed by atoms with Crippen molar-refractivity contribution in [2.24, 2.45) is 5.92 Å². The Morgan fingerprint density at radius 1 is 1.17 bits per heavy atom. The molecule has 102 valence electrons. The topological polar surface area (TPSA) is 21.3 Å². The molecular weight excluding hydrogens is 222 g/mol. The zero-order valence-corrected chi connectivity index (χ0v) is 12.0. The predicted octanol–water partition coefficient (Wildman–Crippen LogP) is 3.97. The molecule has 0 bridgehead atoms. The van der Waals surface area contributed by atoms with Crippen molar-refractivity contribution in [3.05, 3.63) is 35.9 Å². The molecule has 0 heterocycles. The van der Waals surface area contributed by atoms with E-state index >= 15 is 0 Å². The summed E-state index contributed by atoms with van der Waals surface area (Å²) in [4.78, 5) is 5.72. The summed E-state index contributed by atoms with van der Waals surface area (Å²) in [5.74, 6) is 0.666. The molecule has 0 aliphatic rings. The number of nitrogens with one attached hydrogen (secondary N) is 1. The van der Waals surface area contributed by atoms with Crippen molar-refractivity contribution in [3.8, 4) is 0 Å². The first-order chi connectivity index (χ1) is 8.77. The van der Waals surface area contributed by atoms with Crippen molar-refractivity contribution in [1.29, 1.82) is 0 Å². The molecule has 1 aromatic carbocycles. The molecule has 18 heavy (non-hydrogen) atoms. The van der Waals surface area contributed by atoms with Crippen molar-refractivity contribution >= 4 is 0 Å². The van der Waals surface area contributed by atoms with E-state index in [4.69, 9.17) is 4.84 Å². The summed E-state index contributed by atoms with van der Waals surface area (Å²) < 4.78 is 0. The SMILES string of the molecule is CCCC(CC)C(C)ONCCc1ccccc1. The molecule has 0 radical (unpaired) electrons. The molecule has 0 amide bonds. The second kappa shape index (κ2) is 9.12. The van der Waals surface area contributed by atoms with Crippen molar-refractivity contribution < 1.29 is 4.84 Å². The lowest BCUT2D eigenvalue weighted by Crippen LogP contribution is -2.29. The van der Waals surface area contributed by atoms with Gasteiger partial charge in [-0.25, -0.2) is 5.48 Å². The van der Waals surface area contributed by atoms with Crippen LogP contribution in [0, 0.1) is 5.92 Å². The zero-order chi connectivity index (χ0) is 13.2. The lowest BCUT2D eigenvalue weighted by atomic mass is 9.96. The molecule has 1 aromatic rings. The van der Waals surface area contributed by atoms with Crippen LogP contribution < -0.4 is 5.48 Å². The average Bonchev–Trinajstić information content (AvgIpc) is 2.42. The van der Waals surface area contributed by atoms with Gasteiger partial charge in [-0.1, -0.05) is 57.0 Å². The largest absolute Gasteiger partial charge is 0.299 e. The Morgan fingerprint density at radius 3 is 2.50 bits per heavy atom. The lowest BCUT2D eigenvalue weighted by molar-refractivity contribution is -0.0469. The molecule has 2 heteroatoms. The summed E-state index contributed by atoms with van der Waals surface area (Å²) in [7, 11) is 0. The fourth-order valence-corrected chi connectivity index (χ4v) is 2.27. The van der Waals surface area contributed by atoms with Crippen LogP contribution in [0.4, 0.5) is 0 Å². The van der Waals surface area contributed by atoms with Gasteiger partial charge >= 0.3 is 0 Å². The molecule has 1 N–H and O–H groups in total. The number of benzene rings is 1. The minimum Gasteiger partial charge on any atom is -0.299 e. The van der Waals surface area contributed by atoms with E-state index in [2.05, 4.69) is 50.5 Å². The van der Waals surface area contributed by atoms with Gasteiger partial charge in [-0.05, 0) is 31.2 Å². The maximum atomic E-state index is 5.72. The molecule has 2 nitrogen and oxygen atoms in total. The highest BCUT2D eigenvalue weighted by atomic mass is 16.7. The Balaban J connectivity index is 2.17. The smallest absolute Gasteiger partial charge is 0.0790 e. The summed E-state index contributed by atoms with van der Waals surface area (Å²) in [5.41, 5.74) is 4.46. The fraction of sp³-hybridized carbons (Fsp3) is 0.625. The molecule has 0 fully saturated rings. The normalized spacial score (nSPS) is 14.4. The summed E-state index contributed by atoms with van der Waals surface area (Å²) in [5, 5.41) is 0. The van der Waals surface area contributed by atoms with Crippen LogP contribution in [0.25, 0.3) is 0 Å². The van der Waals surface area contributed by atoms with Crippen LogP contribution in [-0.2, 0) is 11.3 Å². The minimum absolute atomic E-state index is 0.297. The molecule has 0 saturated carbocycles. The summed E-state index contributed by atoms with van der Waals surface area (Å²) in [6.45, 7) is 7.51. The van der Waals surface area contributed by atoms with E-state index in [0.717, 1.165) is 13.0 Å². The zero-order valence-electron chi connectivity index (χ0n) is 12.0. The molecule has 0 spiro atoms. The number of hydroxylamine groups is 1. The first-order valence-corrected chi connectivity index (χ1v) is 7.20. The van der Waals surface area contributed by atoms with Gasteiger partial charge in [-0.15, -0.1) is 0 Å². The van der Waals surface area contributed by atoms with E-state index in [0.29, 0.717) is 12.0 Å². The maximum Gasteiger partial charge on any atom is 0.0790 e. The third kappa shape index (κ3) is 5.65. The average molecular weight is 249 g/mol. The highest BCUT2D eigenvalue weighted by molar-refractivity contribution is 5.14. The number of rotatable bonds is 9. The predicted molar refractivity (Wildman–Crippen MR) is 77.4 cm³/mol. The van der Waals surface area contributed by atoms with Gasteiger partial charge in [0.1, 0.15) is 0 Å². The van der Waals surface area contributed by atoms with Gasteiger partial charge in [-0.2, -0.15) is 0 Å². The summed E-state index contributed by atoms with van der Waals surface area (Å²) in [6.07, 6.45) is 4.98. The van der Waals surface area contributed by atoms with Crippen molar-refractivity contribution in [2.45, 2.75) is 52.6 Å². The van der Waals surface area contributed by atoms with Crippen LogP contribution >= 0.6 is 0 Å². The first-order valence-electron chi connectivity index (χ1n) is 7.20. The second-order valence-electron chi connectivity index (χ2n) is 4.91. The Bertz CT molecular complexity index is 299. The number of hydrogen-bond acceptors (Lipinski definition) is 2. The highest BCUT2D eigenvalue weighted by Gasteiger charge is 2.14. The van der Waals surface area contributed by atoms with Gasteiger partial charge in [0, 0.05) is 6.54 Å². The first kappa shape index (κ1) is 15.2. The molecule has 0 saturated heterocycles. The van der Waals surface area contributed by atoms with Crippen LogP contribution in [0.1, 0.15) is 45.6 Å². The lowest BCUT2D eigenvalue weighted by Gasteiger charge is -2.22. The minimum atomic E-state index is 0.297. The molecule has 2 atom stereocenters. The Kier molecular flexibility index (Phi) is 7.70. The molecule has 2 unspecified atom stereocenters. The Hall–Kier alpha value is -0.860. The van der Waals surface area contributed by atoms with Crippen LogP contribution in [0.2, 0.25) is 0 Å². The monoisotopic (exact) mass is 249 g/mol. The molecule has 0 aliphatic carbocycles. The quantitative estimate of drug-likeness (QED) is 0.528. The summed E-state index contributed by atoms with van der Waals surface area (Å²) >= 11 is 0. The Labute approximate surface area is 112 Å². The van der Waals surface area contributed by atoms with E-state index in [1.807, 2.05) is 6.07 Å². The maximum absolute atomic E-state index is 5.72. The van der Waals surface area contributed by atoms with Crippen molar-refractivity contribution in [1.82, 2.24) is 5.48 Å². The van der Waals surface area contributed by atoms with Gasteiger partial charge in [0.2, 0.25) is 0 Å². The van der Waals surface area contributed by atoms with E-state index in [1.165, 1.54) is 24.8 Å². The molecule has 0 aromatic heterocycles. The van der Waals surface area contributed by atoms with Crippen molar-refractivity contribution in [2.75, 3.05) is 6.54 Å².